The highest BCUT2D eigenvalue weighted by molar-refractivity contribution is 9.10. The maximum atomic E-state index is 11.2. The molecule has 0 bridgehead atoms. The average Bonchev–Trinajstić information content (AvgIpc) is 3.18. The molecule has 188 valence electrons. The highest BCUT2D eigenvalue weighted by Crippen LogP contribution is 2.48. The van der Waals surface area contributed by atoms with E-state index in [4.69, 9.17) is 4.74 Å². The van der Waals surface area contributed by atoms with Gasteiger partial charge in [-0.15, -0.1) is 0 Å². The normalized spacial score (nSPS) is 12.5. The number of carbonyl (C=O) groups is 1. The lowest BCUT2D eigenvalue weighted by Gasteiger charge is -2.14. The van der Waals surface area contributed by atoms with Crippen LogP contribution in [0.25, 0.3) is 17.2 Å². The number of methoxy groups -OCH3 is 1. The van der Waals surface area contributed by atoms with Gasteiger partial charge in [-0.05, 0) is 83.1 Å². The molecule has 3 aromatic rings. The van der Waals surface area contributed by atoms with E-state index in [1.165, 1.54) is 74.0 Å². The summed E-state index contributed by atoms with van der Waals surface area (Å²) in [6, 6.07) is 21.2. The molecule has 0 aliphatic heterocycles. The first kappa shape index (κ1) is 26.7. The predicted molar refractivity (Wildman–Crippen MR) is 154 cm³/mol. The van der Waals surface area contributed by atoms with Crippen LogP contribution in [0.15, 0.2) is 75.7 Å². The highest BCUT2D eigenvalue weighted by atomic mass is 79.9. The third-order valence-corrected chi connectivity index (χ3v) is 7.70. The Kier molecular flexibility index (Phi) is 9.82. The molecule has 5 heteroatoms. The van der Waals surface area contributed by atoms with Crippen LogP contribution in [-0.2, 0) is 9.53 Å². The van der Waals surface area contributed by atoms with Crippen LogP contribution < -0.4 is 4.74 Å². The Bertz CT molecular complexity index is 1150. The summed E-state index contributed by atoms with van der Waals surface area (Å²) in [5.74, 6) is 0.993. The first-order valence-corrected chi connectivity index (χ1v) is 14.2. The molecule has 0 unspecified atom stereocenters. The number of fused-ring (bicyclic) bond motifs is 3. The van der Waals surface area contributed by atoms with Crippen molar-refractivity contribution in [1.82, 2.24) is 0 Å². The zero-order valence-corrected chi connectivity index (χ0v) is 23.8. The smallest absolute Gasteiger partial charge is 0.330 e. The van der Waals surface area contributed by atoms with E-state index in [-0.39, 0.29) is 5.97 Å². The Balaban J connectivity index is 1.13. The first-order chi connectivity index (χ1) is 17.5. The zero-order valence-electron chi connectivity index (χ0n) is 20.6. The molecular weight excluding hydrogens is 580 g/mol. The fraction of sp³-hybridized carbons (Fsp3) is 0.323. The number of carbonyl (C=O) groups excluding carboxylic acids is 1. The number of hydrogen-bond donors (Lipinski definition) is 0. The molecule has 36 heavy (non-hydrogen) atoms. The fourth-order valence-electron chi connectivity index (χ4n) is 4.87. The molecule has 0 amide bonds. The molecule has 0 aromatic heterocycles. The SMILES string of the molecule is COC(=O)C=Cc1ccc(OCCCCCCCCC2c3cc(Br)ccc3-c3ccc(Br)cc32)cc1. The fourth-order valence-corrected chi connectivity index (χ4v) is 5.63. The second-order valence-electron chi connectivity index (χ2n) is 9.20. The summed E-state index contributed by atoms with van der Waals surface area (Å²) in [7, 11) is 1.37. The molecule has 1 aliphatic rings. The van der Waals surface area contributed by atoms with E-state index >= 15 is 0 Å². The van der Waals surface area contributed by atoms with Crippen molar-refractivity contribution < 1.29 is 14.3 Å². The van der Waals surface area contributed by atoms with Gasteiger partial charge in [0.1, 0.15) is 5.75 Å². The molecule has 0 radical (unpaired) electrons. The molecule has 3 nitrogen and oxygen atoms in total. The van der Waals surface area contributed by atoms with Gasteiger partial charge in [-0.3, -0.25) is 0 Å². The molecule has 0 spiro atoms. The van der Waals surface area contributed by atoms with Crippen molar-refractivity contribution in [2.45, 2.75) is 50.9 Å². The molecule has 4 rings (SSSR count). The molecule has 0 N–H and O–H groups in total. The van der Waals surface area contributed by atoms with Gasteiger partial charge in [0.05, 0.1) is 13.7 Å². The summed E-state index contributed by atoms with van der Waals surface area (Å²) in [6.45, 7) is 0.733. The number of unbranched alkanes of at least 4 members (excludes halogenated alkanes) is 5. The Labute approximate surface area is 231 Å². The van der Waals surface area contributed by atoms with Gasteiger partial charge in [0.15, 0.2) is 0 Å². The van der Waals surface area contributed by atoms with E-state index in [0.717, 1.165) is 33.3 Å². The van der Waals surface area contributed by atoms with Gasteiger partial charge >= 0.3 is 5.97 Å². The van der Waals surface area contributed by atoms with E-state index in [2.05, 4.69) is 73.0 Å². The minimum atomic E-state index is -0.356. The first-order valence-electron chi connectivity index (χ1n) is 12.6. The molecular formula is C31H32Br2O3. The van der Waals surface area contributed by atoms with Crippen LogP contribution in [0.5, 0.6) is 5.75 Å². The second-order valence-corrected chi connectivity index (χ2v) is 11.0. The number of benzene rings is 3. The summed E-state index contributed by atoms with van der Waals surface area (Å²) in [5.41, 5.74) is 6.64. The molecule has 3 aromatic carbocycles. The Morgan fingerprint density at radius 1 is 0.806 bits per heavy atom. The molecule has 0 saturated carbocycles. The largest absolute Gasteiger partial charge is 0.494 e. The van der Waals surface area contributed by atoms with Crippen LogP contribution in [0.4, 0.5) is 0 Å². The van der Waals surface area contributed by atoms with Crippen molar-refractivity contribution >= 4 is 43.9 Å². The van der Waals surface area contributed by atoms with Crippen molar-refractivity contribution in [3.8, 4) is 16.9 Å². The van der Waals surface area contributed by atoms with Crippen LogP contribution in [0.1, 0.15) is 67.6 Å². The summed E-state index contributed by atoms with van der Waals surface area (Å²) >= 11 is 7.34. The van der Waals surface area contributed by atoms with Crippen molar-refractivity contribution in [2.24, 2.45) is 0 Å². The topological polar surface area (TPSA) is 35.5 Å². The van der Waals surface area contributed by atoms with Crippen molar-refractivity contribution in [2.75, 3.05) is 13.7 Å². The number of ether oxygens (including phenoxy) is 2. The molecule has 0 heterocycles. The van der Waals surface area contributed by atoms with Gasteiger partial charge in [0.2, 0.25) is 0 Å². The van der Waals surface area contributed by atoms with E-state index in [0.29, 0.717) is 5.92 Å². The van der Waals surface area contributed by atoms with Crippen molar-refractivity contribution in [1.29, 1.82) is 0 Å². The minimum Gasteiger partial charge on any atom is -0.494 e. The lowest BCUT2D eigenvalue weighted by Crippen LogP contribution is -1.98. The molecule has 0 atom stereocenters. The Morgan fingerprint density at radius 2 is 1.39 bits per heavy atom. The van der Waals surface area contributed by atoms with Gasteiger partial charge < -0.3 is 9.47 Å². The van der Waals surface area contributed by atoms with Gasteiger partial charge in [-0.2, -0.15) is 0 Å². The van der Waals surface area contributed by atoms with Gasteiger partial charge in [-0.1, -0.05) is 88.2 Å². The average molecular weight is 612 g/mol. The lowest BCUT2D eigenvalue weighted by molar-refractivity contribution is -0.134. The monoisotopic (exact) mass is 610 g/mol. The summed E-state index contributed by atoms with van der Waals surface area (Å²) < 4.78 is 12.8. The Hall–Kier alpha value is -2.37. The molecule has 0 fully saturated rings. The maximum Gasteiger partial charge on any atom is 0.330 e. The van der Waals surface area contributed by atoms with Crippen molar-refractivity contribution in [3.63, 3.8) is 0 Å². The zero-order chi connectivity index (χ0) is 25.3. The number of hydrogen-bond acceptors (Lipinski definition) is 3. The Morgan fingerprint density at radius 3 is 2.00 bits per heavy atom. The van der Waals surface area contributed by atoms with E-state index in [9.17, 15) is 4.79 Å². The van der Waals surface area contributed by atoms with Gasteiger partial charge in [-0.25, -0.2) is 4.79 Å². The number of esters is 1. The molecule has 1 aliphatic carbocycles. The quantitative estimate of drug-likeness (QED) is 0.116. The summed E-state index contributed by atoms with van der Waals surface area (Å²) in [5, 5.41) is 0. The van der Waals surface area contributed by atoms with Crippen LogP contribution in [-0.4, -0.2) is 19.7 Å². The maximum absolute atomic E-state index is 11.2. The summed E-state index contributed by atoms with van der Waals surface area (Å²) in [6.07, 6.45) is 11.6. The minimum absolute atomic E-state index is 0.356. The van der Waals surface area contributed by atoms with Crippen LogP contribution >= 0.6 is 31.9 Å². The van der Waals surface area contributed by atoms with Crippen LogP contribution in [0.3, 0.4) is 0 Å². The number of rotatable bonds is 12. The summed E-state index contributed by atoms with van der Waals surface area (Å²) in [4.78, 5) is 11.2. The second kappa shape index (κ2) is 13.3. The van der Waals surface area contributed by atoms with E-state index < -0.39 is 0 Å². The lowest BCUT2D eigenvalue weighted by atomic mass is 9.91. The third kappa shape index (κ3) is 7.10. The van der Waals surface area contributed by atoms with Crippen LogP contribution in [0.2, 0.25) is 0 Å². The van der Waals surface area contributed by atoms with Gasteiger partial charge in [0.25, 0.3) is 0 Å². The van der Waals surface area contributed by atoms with Crippen LogP contribution in [0, 0.1) is 0 Å². The van der Waals surface area contributed by atoms with Crippen molar-refractivity contribution in [3.05, 3.63) is 92.4 Å². The third-order valence-electron chi connectivity index (χ3n) is 6.72. The standard InChI is InChI=1S/C31H32Br2O3/c1-35-31(34)18-11-22-9-14-25(15-10-22)36-19-7-5-3-2-4-6-8-26-29-20-23(32)12-16-27(29)28-17-13-24(33)21-30(26)28/h9-18,20-21,26H,2-8,19H2,1H3. The van der Waals surface area contributed by atoms with E-state index in [1.807, 2.05) is 24.3 Å². The molecule has 0 saturated heterocycles. The predicted octanol–water partition coefficient (Wildman–Crippen LogP) is 9.32. The van der Waals surface area contributed by atoms with Gasteiger partial charge in [0, 0.05) is 20.9 Å². The van der Waals surface area contributed by atoms with E-state index in [1.54, 1.807) is 6.08 Å². The number of halogens is 2. The highest BCUT2D eigenvalue weighted by Gasteiger charge is 2.28.